The van der Waals surface area contributed by atoms with Crippen LogP contribution in [-0.2, 0) is 0 Å². The van der Waals surface area contributed by atoms with E-state index in [0.717, 1.165) is 0 Å². The molecule has 0 spiro atoms. The van der Waals surface area contributed by atoms with Gasteiger partial charge < -0.3 is 15.0 Å². The standard InChI is InChI=1S/C14H15FN2O2/c15-11-4-10(13-7-17-19-14(13)16)5-12(6-11)18-8-9-2-1-3-9/h4-7,9H,1-3,8,16H2. The van der Waals surface area contributed by atoms with Crippen LogP contribution < -0.4 is 10.5 Å². The number of rotatable bonds is 4. The van der Waals surface area contributed by atoms with E-state index in [1.54, 1.807) is 6.07 Å². The van der Waals surface area contributed by atoms with Crippen molar-refractivity contribution in [3.8, 4) is 16.9 Å². The lowest BCUT2D eigenvalue weighted by molar-refractivity contribution is 0.180. The summed E-state index contributed by atoms with van der Waals surface area (Å²) in [6.45, 7) is 0.641. The van der Waals surface area contributed by atoms with Crippen LogP contribution in [0.15, 0.2) is 28.9 Å². The fourth-order valence-electron chi connectivity index (χ4n) is 2.14. The lowest BCUT2D eigenvalue weighted by Crippen LogP contribution is -2.19. The summed E-state index contributed by atoms with van der Waals surface area (Å²) in [4.78, 5) is 0. The maximum Gasteiger partial charge on any atom is 0.229 e. The van der Waals surface area contributed by atoms with Crippen LogP contribution in [0.25, 0.3) is 11.1 Å². The van der Waals surface area contributed by atoms with Crippen LogP contribution in [0.3, 0.4) is 0 Å². The Bertz CT molecular complexity index is 579. The molecule has 0 saturated heterocycles. The normalized spacial score (nSPS) is 15.2. The van der Waals surface area contributed by atoms with E-state index in [9.17, 15) is 4.39 Å². The molecule has 100 valence electrons. The number of hydrogen-bond acceptors (Lipinski definition) is 4. The minimum absolute atomic E-state index is 0.176. The van der Waals surface area contributed by atoms with Gasteiger partial charge in [-0.2, -0.15) is 0 Å². The van der Waals surface area contributed by atoms with Crippen LogP contribution in [0, 0.1) is 11.7 Å². The number of hydrogen-bond donors (Lipinski definition) is 1. The van der Waals surface area contributed by atoms with Gasteiger partial charge in [0.25, 0.3) is 0 Å². The summed E-state index contributed by atoms with van der Waals surface area (Å²) in [5.41, 5.74) is 6.82. The molecule has 3 rings (SSSR count). The predicted molar refractivity (Wildman–Crippen MR) is 69.1 cm³/mol. The largest absolute Gasteiger partial charge is 0.493 e. The van der Waals surface area contributed by atoms with Crippen LogP contribution in [0.5, 0.6) is 5.75 Å². The molecule has 5 heteroatoms. The average Bonchev–Trinajstić information content (AvgIpc) is 2.73. The monoisotopic (exact) mass is 262 g/mol. The summed E-state index contributed by atoms with van der Waals surface area (Å²) in [5.74, 6) is 0.937. The third kappa shape index (κ3) is 2.54. The smallest absolute Gasteiger partial charge is 0.229 e. The highest BCUT2D eigenvalue weighted by atomic mass is 19.1. The zero-order valence-electron chi connectivity index (χ0n) is 10.4. The van der Waals surface area contributed by atoms with Crippen molar-refractivity contribution < 1.29 is 13.7 Å². The van der Waals surface area contributed by atoms with Gasteiger partial charge in [0.05, 0.1) is 18.4 Å². The van der Waals surface area contributed by atoms with Crippen molar-refractivity contribution in [3.05, 3.63) is 30.2 Å². The Kier molecular flexibility index (Phi) is 3.11. The van der Waals surface area contributed by atoms with Gasteiger partial charge in [0, 0.05) is 6.07 Å². The minimum Gasteiger partial charge on any atom is -0.493 e. The van der Waals surface area contributed by atoms with Gasteiger partial charge in [-0.1, -0.05) is 11.6 Å². The van der Waals surface area contributed by atoms with Crippen molar-refractivity contribution in [2.24, 2.45) is 5.92 Å². The summed E-state index contributed by atoms with van der Waals surface area (Å²) in [7, 11) is 0. The zero-order valence-corrected chi connectivity index (χ0v) is 10.4. The Morgan fingerprint density at radius 3 is 2.84 bits per heavy atom. The van der Waals surface area contributed by atoms with Gasteiger partial charge in [-0.05, 0) is 36.5 Å². The number of anilines is 1. The molecular formula is C14H15FN2O2. The summed E-state index contributed by atoms with van der Waals surface area (Å²) < 4.78 is 24.0. The van der Waals surface area contributed by atoms with Gasteiger partial charge in [0.1, 0.15) is 11.6 Å². The van der Waals surface area contributed by atoms with Crippen molar-refractivity contribution >= 4 is 5.88 Å². The molecule has 1 saturated carbocycles. The number of ether oxygens (including phenoxy) is 1. The topological polar surface area (TPSA) is 61.3 Å². The molecule has 1 aromatic heterocycles. The SMILES string of the molecule is Nc1oncc1-c1cc(F)cc(OCC2CCC2)c1. The van der Waals surface area contributed by atoms with Crippen molar-refractivity contribution in [3.63, 3.8) is 0 Å². The fraction of sp³-hybridized carbons (Fsp3) is 0.357. The van der Waals surface area contributed by atoms with Crippen LogP contribution in [0.2, 0.25) is 0 Å². The minimum atomic E-state index is -0.360. The molecule has 0 unspecified atom stereocenters. The van der Waals surface area contributed by atoms with Gasteiger partial charge in [-0.15, -0.1) is 0 Å². The van der Waals surface area contributed by atoms with Crippen LogP contribution in [0.4, 0.5) is 10.3 Å². The van der Waals surface area contributed by atoms with Gasteiger partial charge in [-0.3, -0.25) is 0 Å². The second-order valence-corrected chi connectivity index (χ2v) is 4.89. The molecule has 19 heavy (non-hydrogen) atoms. The Morgan fingerprint density at radius 2 is 2.21 bits per heavy atom. The first kappa shape index (κ1) is 12.0. The van der Waals surface area contributed by atoms with E-state index in [-0.39, 0.29) is 11.7 Å². The summed E-state index contributed by atoms with van der Waals surface area (Å²) in [5, 5.41) is 3.59. The van der Waals surface area contributed by atoms with E-state index in [1.807, 2.05) is 0 Å². The maximum absolute atomic E-state index is 13.6. The highest BCUT2D eigenvalue weighted by molar-refractivity contribution is 5.72. The number of nitrogens with two attached hydrogens (primary N) is 1. The Morgan fingerprint density at radius 1 is 1.37 bits per heavy atom. The molecular weight excluding hydrogens is 247 g/mol. The lowest BCUT2D eigenvalue weighted by atomic mass is 9.86. The number of nitrogens with zero attached hydrogens (tertiary/aromatic N) is 1. The molecule has 0 radical (unpaired) electrons. The first-order valence-corrected chi connectivity index (χ1v) is 6.36. The van der Waals surface area contributed by atoms with E-state index in [2.05, 4.69) is 5.16 Å². The van der Waals surface area contributed by atoms with E-state index in [4.69, 9.17) is 15.0 Å². The molecule has 1 aliphatic carbocycles. The molecule has 1 aliphatic rings. The quantitative estimate of drug-likeness (QED) is 0.918. The third-order valence-electron chi connectivity index (χ3n) is 3.49. The predicted octanol–water partition coefficient (Wildman–Crippen LogP) is 3.24. The summed E-state index contributed by atoms with van der Waals surface area (Å²) >= 11 is 0. The first-order chi connectivity index (χ1) is 9.22. The molecule has 2 aromatic rings. The fourth-order valence-corrected chi connectivity index (χ4v) is 2.14. The molecule has 1 aromatic carbocycles. The average molecular weight is 262 g/mol. The number of benzene rings is 1. The maximum atomic E-state index is 13.6. The molecule has 1 heterocycles. The van der Waals surface area contributed by atoms with Crippen molar-refractivity contribution in [2.45, 2.75) is 19.3 Å². The second-order valence-electron chi connectivity index (χ2n) is 4.89. The van der Waals surface area contributed by atoms with E-state index in [0.29, 0.717) is 29.4 Å². The molecule has 0 atom stereocenters. The van der Waals surface area contributed by atoms with Crippen molar-refractivity contribution in [1.82, 2.24) is 5.16 Å². The highest BCUT2D eigenvalue weighted by Gasteiger charge is 2.18. The zero-order chi connectivity index (χ0) is 13.2. The Hall–Kier alpha value is -2.04. The molecule has 2 N–H and O–H groups in total. The van der Waals surface area contributed by atoms with Crippen LogP contribution in [-0.4, -0.2) is 11.8 Å². The second kappa shape index (κ2) is 4.91. The number of aromatic nitrogens is 1. The molecule has 0 aliphatic heterocycles. The lowest BCUT2D eigenvalue weighted by Gasteiger charge is -2.25. The van der Waals surface area contributed by atoms with Gasteiger partial charge in [0.2, 0.25) is 5.88 Å². The molecule has 1 fully saturated rings. The van der Waals surface area contributed by atoms with E-state index < -0.39 is 0 Å². The Balaban J connectivity index is 1.81. The third-order valence-corrected chi connectivity index (χ3v) is 3.49. The van der Waals surface area contributed by atoms with Gasteiger partial charge in [0.15, 0.2) is 0 Å². The van der Waals surface area contributed by atoms with Crippen LogP contribution >= 0.6 is 0 Å². The highest BCUT2D eigenvalue weighted by Crippen LogP contribution is 2.31. The summed E-state index contributed by atoms with van der Waals surface area (Å²) in [6.07, 6.45) is 5.13. The van der Waals surface area contributed by atoms with Crippen molar-refractivity contribution in [1.29, 1.82) is 0 Å². The molecule has 4 nitrogen and oxygen atoms in total. The number of halogens is 1. The first-order valence-electron chi connectivity index (χ1n) is 6.36. The van der Waals surface area contributed by atoms with E-state index >= 15 is 0 Å². The Labute approximate surface area is 110 Å². The summed E-state index contributed by atoms with van der Waals surface area (Å²) in [6, 6.07) is 4.52. The molecule has 0 bridgehead atoms. The molecule has 0 amide bonds. The van der Waals surface area contributed by atoms with Crippen molar-refractivity contribution in [2.75, 3.05) is 12.3 Å². The number of nitrogen functional groups attached to an aromatic ring is 1. The van der Waals surface area contributed by atoms with Crippen LogP contribution in [0.1, 0.15) is 19.3 Å². The van der Waals surface area contributed by atoms with Gasteiger partial charge in [-0.25, -0.2) is 4.39 Å². The van der Waals surface area contributed by atoms with E-state index in [1.165, 1.54) is 37.6 Å². The van der Waals surface area contributed by atoms with Gasteiger partial charge >= 0.3 is 0 Å².